The summed E-state index contributed by atoms with van der Waals surface area (Å²) in [6.07, 6.45) is 5.24. The molecule has 1 aromatic heterocycles. The van der Waals surface area contributed by atoms with E-state index in [0.29, 0.717) is 11.7 Å². The Bertz CT molecular complexity index is 407. The molecule has 0 amide bonds. The lowest BCUT2D eigenvalue weighted by atomic mass is 9.85. The van der Waals surface area contributed by atoms with E-state index in [1.807, 2.05) is 11.3 Å². The van der Waals surface area contributed by atoms with E-state index in [2.05, 4.69) is 41.0 Å². The summed E-state index contributed by atoms with van der Waals surface area (Å²) in [6, 6.07) is 4.43. The first-order valence-electron chi connectivity index (χ1n) is 6.65. The maximum Gasteiger partial charge on any atom is 0.133 e. The SMILES string of the molecule is O=C1CCCC(C2(c3cccs3)SCCCS2)C1. The second kappa shape index (κ2) is 5.59. The first-order valence-corrected chi connectivity index (χ1v) is 9.50. The summed E-state index contributed by atoms with van der Waals surface area (Å²) in [7, 11) is 0. The normalized spacial score (nSPS) is 28.2. The average Bonchev–Trinajstić information content (AvgIpc) is 2.94. The van der Waals surface area contributed by atoms with Crippen molar-refractivity contribution in [2.45, 2.75) is 36.2 Å². The molecule has 2 heterocycles. The molecule has 3 rings (SSSR count). The second-order valence-corrected chi connectivity index (χ2v) is 8.92. The molecule has 0 bridgehead atoms. The van der Waals surface area contributed by atoms with Crippen molar-refractivity contribution >= 4 is 40.6 Å². The number of hydrogen-bond donors (Lipinski definition) is 0. The number of Topliss-reactive ketones (excluding diaryl/α,β-unsaturated/α-hetero) is 1. The topological polar surface area (TPSA) is 17.1 Å². The molecule has 2 aliphatic rings. The van der Waals surface area contributed by atoms with E-state index in [0.717, 1.165) is 19.3 Å². The molecule has 1 atom stereocenters. The van der Waals surface area contributed by atoms with Crippen molar-refractivity contribution in [3.8, 4) is 0 Å². The van der Waals surface area contributed by atoms with Gasteiger partial charge in [-0.2, -0.15) is 0 Å². The van der Waals surface area contributed by atoms with E-state index in [4.69, 9.17) is 0 Å². The largest absolute Gasteiger partial charge is 0.300 e. The van der Waals surface area contributed by atoms with Gasteiger partial charge in [-0.3, -0.25) is 4.79 Å². The average molecular weight is 298 g/mol. The molecule has 1 unspecified atom stereocenters. The zero-order chi connectivity index (χ0) is 12.4. The van der Waals surface area contributed by atoms with E-state index in [9.17, 15) is 4.79 Å². The van der Waals surface area contributed by atoms with E-state index in [-0.39, 0.29) is 4.08 Å². The minimum atomic E-state index is 0.183. The Labute approximate surface area is 121 Å². The van der Waals surface area contributed by atoms with Crippen LogP contribution in [0.3, 0.4) is 0 Å². The summed E-state index contributed by atoms with van der Waals surface area (Å²) in [5.41, 5.74) is 0. The third kappa shape index (κ3) is 2.39. The summed E-state index contributed by atoms with van der Waals surface area (Å²) in [4.78, 5) is 13.3. The highest BCUT2D eigenvalue weighted by atomic mass is 32.2. The van der Waals surface area contributed by atoms with E-state index >= 15 is 0 Å². The summed E-state index contributed by atoms with van der Waals surface area (Å²) in [6.45, 7) is 0. The number of rotatable bonds is 2. The van der Waals surface area contributed by atoms with Crippen LogP contribution in [0, 0.1) is 5.92 Å². The van der Waals surface area contributed by atoms with Crippen molar-refractivity contribution in [2.24, 2.45) is 5.92 Å². The summed E-state index contributed by atoms with van der Waals surface area (Å²) in [5.74, 6) is 3.52. The van der Waals surface area contributed by atoms with Gasteiger partial charge in [0.2, 0.25) is 0 Å². The van der Waals surface area contributed by atoms with E-state index in [1.165, 1.54) is 29.2 Å². The molecule has 0 radical (unpaired) electrons. The van der Waals surface area contributed by atoms with Crippen molar-refractivity contribution < 1.29 is 4.79 Å². The minimum absolute atomic E-state index is 0.183. The fraction of sp³-hybridized carbons (Fsp3) is 0.643. The quantitative estimate of drug-likeness (QED) is 0.798. The van der Waals surface area contributed by atoms with Crippen molar-refractivity contribution in [2.75, 3.05) is 11.5 Å². The van der Waals surface area contributed by atoms with Crippen molar-refractivity contribution in [1.82, 2.24) is 0 Å². The summed E-state index contributed by atoms with van der Waals surface area (Å²) < 4.78 is 0.183. The van der Waals surface area contributed by atoms with Gasteiger partial charge in [0.1, 0.15) is 5.78 Å². The molecule has 1 aliphatic heterocycles. The van der Waals surface area contributed by atoms with Crippen LogP contribution in [0.15, 0.2) is 17.5 Å². The molecule has 18 heavy (non-hydrogen) atoms. The first kappa shape index (κ1) is 13.1. The zero-order valence-corrected chi connectivity index (χ0v) is 12.8. The van der Waals surface area contributed by atoms with Gasteiger partial charge in [0.05, 0.1) is 4.08 Å². The number of ketones is 1. The molecule has 1 nitrogen and oxygen atoms in total. The van der Waals surface area contributed by atoms with E-state index < -0.39 is 0 Å². The molecule has 0 spiro atoms. The van der Waals surface area contributed by atoms with Gasteiger partial charge in [0.15, 0.2) is 0 Å². The van der Waals surface area contributed by atoms with Crippen LogP contribution in [0.1, 0.15) is 37.0 Å². The van der Waals surface area contributed by atoms with Gasteiger partial charge in [-0.25, -0.2) is 0 Å². The molecule has 0 aromatic carbocycles. The van der Waals surface area contributed by atoms with Gasteiger partial charge in [0, 0.05) is 17.7 Å². The highest BCUT2D eigenvalue weighted by Crippen LogP contribution is 2.59. The lowest BCUT2D eigenvalue weighted by Crippen LogP contribution is -2.34. The monoisotopic (exact) mass is 298 g/mol. The van der Waals surface area contributed by atoms with Gasteiger partial charge in [-0.15, -0.1) is 34.9 Å². The van der Waals surface area contributed by atoms with Gasteiger partial charge in [-0.05, 0) is 48.1 Å². The highest BCUT2D eigenvalue weighted by Gasteiger charge is 2.45. The van der Waals surface area contributed by atoms with Crippen LogP contribution in [0.25, 0.3) is 0 Å². The Morgan fingerprint density at radius 2 is 2.06 bits per heavy atom. The molecular weight excluding hydrogens is 280 g/mol. The van der Waals surface area contributed by atoms with Crippen molar-refractivity contribution in [3.05, 3.63) is 22.4 Å². The zero-order valence-electron chi connectivity index (χ0n) is 10.4. The summed E-state index contributed by atoms with van der Waals surface area (Å²) >= 11 is 6.07. The lowest BCUT2D eigenvalue weighted by molar-refractivity contribution is -0.121. The Balaban J connectivity index is 1.91. The highest BCUT2D eigenvalue weighted by molar-refractivity contribution is 8.18. The minimum Gasteiger partial charge on any atom is -0.300 e. The third-order valence-electron chi connectivity index (χ3n) is 3.81. The van der Waals surface area contributed by atoms with Crippen LogP contribution in [-0.2, 0) is 8.87 Å². The summed E-state index contributed by atoms with van der Waals surface area (Å²) in [5, 5.41) is 2.18. The molecule has 0 N–H and O–H groups in total. The molecule has 98 valence electrons. The molecule has 1 aliphatic carbocycles. The first-order chi connectivity index (χ1) is 8.81. The van der Waals surface area contributed by atoms with Gasteiger partial charge >= 0.3 is 0 Å². The molecule has 1 saturated heterocycles. The number of thiophene rings is 1. The van der Waals surface area contributed by atoms with Crippen LogP contribution in [0.2, 0.25) is 0 Å². The Morgan fingerprint density at radius 3 is 2.72 bits per heavy atom. The maximum absolute atomic E-state index is 11.8. The molecule has 2 fully saturated rings. The third-order valence-corrected chi connectivity index (χ3v) is 8.73. The number of hydrogen-bond acceptors (Lipinski definition) is 4. The van der Waals surface area contributed by atoms with Crippen LogP contribution in [0.5, 0.6) is 0 Å². The molecular formula is C14H18OS3. The maximum atomic E-state index is 11.8. The smallest absolute Gasteiger partial charge is 0.133 e. The van der Waals surface area contributed by atoms with E-state index in [1.54, 1.807) is 0 Å². The van der Waals surface area contributed by atoms with Gasteiger partial charge < -0.3 is 0 Å². The Kier molecular flexibility index (Phi) is 4.06. The lowest BCUT2D eigenvalue weighted by Gasteiger charge is -2.43. The van der Waals surface area contributed by atoms with Crippen molar-refractivity contribution in [1.29, 1.82) is 0 Å². The van der Waals surface area contributed by atoms with Gasteiger partial charge in [0.25, 0.3) is 0 Å². The standard InChI is InChI=1S/C14H18OS3/c15-12-5-1-4-11(10-12)14(13-6-2-7-16-13)17-8-3-9-18-14/h2,6-7,11H,1,3-5,8-10H2. The Morgan fingerprint density at radius 1 is 1.22 bits per heavy atom. The Hall–Kier alpha value is 0.0700. The second-order valence-electron chi connectivity index (χ2n) is 5.03. The fourth-order valence-electron chi connectivity index (χ4n) is 2.95. The number of carbonyl (C=O) groups excluding carboxylic acids is 1. The molecule has 4 heteroatoms. The number of carbonyl (C=O) groups is 1. The molecule has 1 aromatic rings. The van der Waals surface area contributed by atoms with Crippen LogP contribution in [-0.4, -0.2) is 17.3 Å². The predicted octanol–water partition coefficient (Wildman–Crippen LogP) is 4.53. The van der Waals surface area contributed by atoms with Crippen LogP contribution < -0.4 is 0 Å². The fourth-order valence-corrected chi connectivity index (χ4v) is 7.88. The molecule has 1 saturated carbocycles. The van der Waals surface area contributed by atoms with Crippen LogP contribution >= 0.6 is 34.9 Å². The predicted molar refractivity (Wildman–Crippen MR) is 82.5 cm³/mol. The van der Waals surface area contributed by atoms with Gasteiger partial charge in [-0.1, -0.05) is 6.07 Å². The van der Waals surface area contributed by atoms with Crippen molar-refractivity contribution in [3.63, 3.8) is 0 Å². The van der Waals surface area contributed by atoms with Crippen LogP contribution in [0.4, 0.5) is 0 Å². The number of thioether (sulfide) groups is 2.